The molecule has 0 saturated carbocycles. The van der Waals surface area contributed by atoms with Crippen molar-refractivity contribution in [3.05, 3.63) is 0 Å². The van der Waals surface area contributed by atoms with Gasteiger partial charge in [0.2, 0.25) is 0 Å². The van der Waals surface area contributed by atoms with Crippen LogP contribution in [-0.2, 0) is 65.4 Å². The summed E-state index contributed by atoms with van der Waals surface area (Å²) >= 11 is 0. The molecule has 19 heteroatoms. The maximum Gasteiger partial charge on any atom is 0.472 e. The largest absolute Gasteiger partial charge is 0.472 e. The number of aliphatic hydroxyl groups is 1. The molecule has 0 rings (SSSR count). The Morgan fingerprint density at radius 1 is 0.290 bits per heavy atom. The summed E-state index contributed by atoms with van der Waals surface area (Å²) in [6.45, 7) is 11.8. The predicted molar refractivity (Wildman–Crippen MR) is 377 cm³/mol. The topological polar surface area (TPSA) is 237 Å². The van der Waals surface area contributed by atoms with E-state index in [2.05, 4.69) is 48.5 Å². The second-order valence-electron chi connectivity index (χ2n) is 28.1. The van der Waals surface area contributed by atoms with Crippen LogP contribution in [-0.4, -0.2) is 96.7 Å². The van der Waals surface area contributed by atoms with Gasteiger partial charge in [-0.1, -0.05) is 325 Å². The van der Waals surface area contributed by atoms with Crippen molar-refractivity contribution in [3.63, 3.8) is 0 Å². The smallest absolute Gasteiger partial charge is 0.462 e. The van der Waals surface area contributed by atoms with Gasteiger partial charge in [0.15, 0.2) is 12.2 Å². The normalized spacial score (nSPS) is 14.1. The van der Waals surface area contributed by atoms with Crippen LogP contribution in [0.15, 0.2) is 0 Å². The molecule has 0 aliphatic carbocycles. The fraction of sp³-hybridized carbons (Fsp3) is 0.946. The third kappa shape index (κ3) is 68.4. The van der Waals surface area contributed by atoms with Gasteiger partial charge in [-0.2, -0.15) is 0 Å². The van der Waals surface area contributed by atoms with E-state index in [1.54, 1.807) is 0 Å². The number of ether oxygens (including phenoxy) is 4. The molecule has 2 unspecified atom stereocenters. The zero-order valence-corrected chi connectivity index (χ0v) is 62.5. The van der Waals surface area contributed by atoms with Gasteiger partial charge < -0.3 is 33.8 Å². The minimum Gasteiger partial charge on any atom is -0.462 e. The minimum absolute atomic E-state index is 0.104. The molecule has 0 amide bonds. The van der Waals surface area contributed by atoms with Crippen LogP contribution in [0.1, 0.15) is 376 Å². The predicted octanol–water partition coefficient (Wildman–Crippen LogP) is 21.4. The highest BCUT2D eigenvalue weighted by atomic mass is 31.2. The van der Waals surface area contributed by atoms with Gasteiger partial charge >= 0.3 is 39.5 Å². The molecule has 17 nitrogen and oxygen atoms in total. The molecule has 0 fully saturated rings. The van der Waals surface area contributed by atoms with Crippen molar-refractivity contribution < 1.29 is 80.2 Å². The van der Waals surface area contributed by atoms with Gasteiger partial charge in [0.1, 0.15) is 19.3 Å². The number of carbonyl (C=O) groups excluding carboxylic acids is 4. The van der Waals surface area contributed by atoms with Crippen LogP contribution in [0.25, 0.3) is 0 Å². The maximum atomic E-state index is 13.1. The summed E-state index contributed by atoms with van der Waals surface area (Å²) in [7, 11) is -9.91. The molecule has 0 heterocycles. The van der Waals surface area contributed by atoms with E-state index in [0.29, 0.717) is 25.7 Å². The molecule has 0 aromatic heterocycles. The molecular formula is C74H144O17P2. The fourth-order valence-electron chi connectivity index (χ4n) is 11.2. The highest BCUT2D eigenvalue weighted by Gasteiger charge is 2.30. The Morgan fingerprint density at radius 2 is 0.495 bits per heavy atom. The number of phosphoric acid groups is 2. The van der Waals surface area contributed by atoms with E-state index in [9.17, 15) is 43.2 Å². The minimum atomic E-state index is -4.96. The van der Waals surface area contributed by atoms with E-state index < -0.39 is 97.5 Å². The Balaban J connectivity index is 5.22. The summed E-state index contributed by atoms with van der Waals surface area (Å²) in [5.41, 5.74) is 0. The lowest BCUT2D eigenvalue weighted by molar-refractivity contribution is -0.161. The number of hydrogen-bond acceptors (Lipinski definition) is 15. The number of aliphatic hydroxyl groups excluding tert-OH is 1. The highest BCUT2D eigenvalue weighted by Crippen LogP contribution is 2.45. The van der Waals surface area contributed by atoms with Gasteiger partial charge in [0.25, 0.3) is 0 Å². The Morgan fingerprint density at radius 3 is 0.731 bits per heavy atom. The lowest BCUT2D eigenvalue weighted by Crippen LogP contribution is -2.30. The molecule has 0 aromatic rings. The van der Waals surface area contributed by atoms with Crippen molar-refractivity contribution in [1.29, 1.82) is 0 Å². The first-order valence-electron chi connectivity index (χ1n) is 38.3. The first-order chi connectivity index (χ1) is 44.7. The van der Waals surface area contributed by atoms with Crippen LogP contribution >= 0.6 is 15.6 Å². The SMILES string of the molecule is CCCCCCCCCCCCCCC(=O)OC[C@H](COP(=O)(O)OC[C@@H](O)COP(=O)(O)OC[C@@H](COC(=O)CCCCCCCCCCC(C)C)OC(=O)CCCCCCCCCCC(C)C)OC(=O)CCCCCCCCCCCCCCCCCCC(C)C. The van der Waals surface area contributed by atoms with E-state index in [4.69, 9.17) is 37.0 Å². The lowest BCUT2D eigenvalue weighted by atomic mass is 10.0. The zero-order chi connectivity index (χ0) is 68.7. The van der Waals surface area contributed by atoms with Crippen LogP contribution < -0.4 is 0 Å². The molecule has 0 aliphatic heterocycles. The van der Waals surface area contributed by atoms with Crippen LogP contribution in [0, 0.1) is 17.8 Å². The van der Waals surface area contributed by atoms with Crippen molar-refractivity contribution >= 4 is 39.5 Å². The molecule has 0 spiro atoms. The first kappa shape index (κ1) is 91.1. The summed E-state index contributed by atoms with van der Waals surface area (Å²) in [6.07, 6.45) is 50.0. The summed E-state index contributed by atoms with van der Waals surface area (Å²) < 4.78 is 68.4. The molecular weight excluding hydrogens is 1220 g/mol. The van der Waals surface area contributed by atoms with E-state index in [1.807, 2.05) is 0 Å². The summed E-state index contributed by atoms with van der Waals surface area (Å²) in [4.78, 5) is 72.7. The highest BCUT2D eigenvalue weighted by molar-refractivity contribution is 7.47. The van der Waals surface area contributed by atoms with E-state index in [0.717, 1.165) is 108 Å². The average Bonchev–Trinajstić information content (AvgIpc) is 2.29. The van der Waals surface area contributed by atoms with Crippen LogP contribution in [0.2, 0.25) is 0 Å². The van der Waals surface area contributed by atoms with Crippen molar-refractivity contribution in [1.82, 2.24) is 0 Å². The second-order valence-corrected chi connectivity index (χ2v) is 31.0. The summed E-state index contributed by atoms with van der Waals surface area (Å²) in [6, 6.07) is 0. The second kappa shape index (κ2) is 64.7. The van der Waals surface area contributed by atoms with Gasteiger partial charge in [0.05, 0.1) is 26.4 Å². The van der Waals surface area contributed by atoms with Crippen molar-refractivity contribution in [3.8, 4) is 0 Å². The summed E-state index contributed by atoms with van der Waals surface area (Å²) in [5.74, 6) is 0.132. The fourth-order valence-corrected chi connectivity index (χ4v) is 12.8. The van der Waals surface area contributed by atoms with E-state index >= 15 is 0 Å². The van der Waals surface area contributed by atoms with E-state index in [1.165, 1.54) is 186 Å². The number of phosphoric ester groups is 2. The van der Waals surface area contributed by atoms with Crippen molar-refractivity contribution in [2.75, 3.05) is 39.6 Å². The van der Waals surface area contributed by atoms with E-state index in [-0.39, 0.29) is 25.7 Å². The van der Waals surface area contributed by atoms with Gasteiger partial charge in [0, 0.05) is 25.7 Å². The Hall–Kier alpha value is -1.94. The number of hydrogen-bond donors (Lipinski definition) is 3. The Labute approximate surface area is 568 Å². The molecule has 3 N–H and O–H groups in total. The quantitative estimate of drug-likeness (QED) is 0.0222. The number of carbonyl (C=O) groups is 4. The number of unbranched alkanes of at least 4 members (excludes halogenated alkanes) is 40. The van der Waals surface area contributed by atoms with Crippen LogP contribution in [0.4, 0.5) is 0 Å². The molecule has 0 saturated heterocycles. The molecule has 0 radical (unpaired) electrons. The van der Waals surface area contributed by atoms with Crippen LogP contribution in [0.5, 0.6) is 0 Å². The monoisotopic (exact) mass is 1370 g/mol. The molecule has 0 aromatic carbocycles. The van der Waals surface area contributed by atoms with Gasteiger partial charge in [-0.15, -0.1) is 0 Å². The molecule has 0 aliphatic rings. The Bertz CT molecular complexity index is 1820. The maximum absolute atomic E-state index is 13.1. The molecule has 0 bridgehead atoms. The molecule has 552 valence electrons. The van der Waals surface area contributed by atoms with Gasteiger partial charge in [-0.3, -0.25) is 37.3 Å². The number of esters is 4. The lowest BCUT2D eigenvalue weighted by Gasteiger charge is -2.21. The molecule has 93 heavy (non-hydrogen) atoms. The standard InChI is InChI=1S/C74H144O17P2/c1-8-9-10-11-12-13-14-22-25-34-41-48-55-71(76)84-61-69(90-73(78)57-50-43-36-26-23-20-18-16-15-17-19-21-24-31-38-45-52-65(2)3)63-88-92(80,81)86-59-68(75)60-87-93(82,83)89-64-70(91-74(79)58-51-44-37-30-28-33-40-47-54-67(6)7)62-85-72(77)56-49-42-35-29-27-32-39-46-53-66(4)5/h65-70,75H,8-64H2,1-7H3,(H,80,81)(H,82,83)/t68-,69-,70-/m1/s1. The van der Waals surface area contributed by atoms with Crippen molar-refractivity contribution in [2.24, 2.45) is 17.8 Å². The van der Waals surface area contributed by atoms with Crippen LogP contribution in [0.3, 0.4) is 0 Å². The zero-order valence-electron chi connectivity index (χ0n) is 60.7. The third-order valence-electron chi connectivity index (χ3n) is 17.1. The molecule has 5 atom stereocenters. The van der Waals surface area contributed by atoms with Crippen molar-refractivity contribution in [2.45, 2.75) is 394 Å². The number of rotatable bonds is 72. The van der Waals surface area contributed by atoms with Gasteiger partial charge in [-0.25, -0.2) is 9.13 Å². The Kier molecular flexibility index (Phi) is 63.4. The summed E-state index contributed by atoms with van der Waals surface area (Å²) in [5, 5.41) is 10.6. The third-order valence-corrected chi connectivity index (χ3v) is 19.0. The van der Waals surface area contributed by atoms with Gasteiger partial charge in [-0.05, 0) is 43.4 Å². The first-order valence-corrected chi connectivity index (χ1v) is 41.3. The average molecular weight is 1370 g/mol.